The van der Waals surface area contributed by atoms with Crippen LogP contribution in [-0.2, 0) is 0 Å². The fourth-order valence-electron chi connectivity index (χ4n) is 8.57. The van der Waals surface area contributed by atoms with E-state index in [1.807, 2.05) is 17.4 Å². The number of hydrogen-bond donors (Lipinski definition) is 0. The Labute approximate surface area is 304 Å². The maximum Gasteiger partial charge on any atom is 0.135 e. The molecule has 2 heterocycles. The largest absolute Gasteiger partial charge is 0.464 e. The van der Waals surface area contributed by atoms with Gasteiger partial charge in [0.1, 0.15) is 5.76 Å². The lowest BCUT2D eigenvalue weighted by atomic mass is 9.85. The predicted molar refractivity (Wildman–Crippen MR) is 223 cm³/mol. The molecule has 0 saturated carbocycles. The van der Waals surface area contributed by atoms with Crippen molar-refractivity contribution in [1.29, 1.82) is 0 Å². The van der Waals surface area contributed by atoms with Crippen molar-refractivity contribution < 1.29 is 4.42 Å². The highest BCUT2D eigenvalue weighted by molar-refractivity contribution is 7.25. The van der Waals surface area contributed by atoms with E-state index in [1.165, 1.54) is 96.6 Å². The molecule has 0 bridgehead atoms. The summed E-state index contributed by atoms with van der Waals surface area (Å²) in [4.78, 5) is 0. The summed E-state index contributed by atoms with van der Waals surface area (Å²) >= 11 is 1.88. The molecule has 9 aromatic carbocycles. The summed E-state index contributed by atoms with van der Waals surface area (Å²) in [6.07, 6.45) is 1.76. The van der Waals surface area contributed by atoms with Crippen LogP contribution in [0, 0.1) is 0 Å². The third kappa shape index (κ3) is 4.35. The topological polar surface area (TPSA) is 13.1 Å². The van der Waals surface area contributed by atoms with Gasteiger partial charge >= 0.3 is 0 Å². The Balaban J connectivity index is 1.13. The molecular formula is C50H30OS. The summed E-state index contributed by atoms with van der Waals surface area (Å²) in [6.45, 7) is 0. The van der Waals surface area contributed by atoms with Crippen molar-refractivity contribution in [2.45, 2.75) is 0 Å². The Kier molecular flexibility index (Phi) is 6.49. The lowest BCUT2D eigenvalue weighted by Gasteiger charge is -2.17. The highest BCUT2D eigenvalue weighted by Crippen LogP contribution is 2.47. The summed E-state index contributed by atoms with van der Waals surface area (Å²) in [5.74, 6) is 0.893. The first-order chi connectivity index (χ1) is 25.8. The molecule has 0 spiro atoms. The first-order valence-corrected chi connectivity index (χ1v) is 18.6. The van der Waals surface area contributed by atoms with Gasteiger partial charge in [0, 0.05) is 25.7 Å². The lowest BCUT2D eigenvalue weighted by Crippen LogP contribution is -1.90. The quantitative estimate of drug-likeness (QED) is 0.169. The average Bonchev–Trinajstić information content (AvgIpc) is 3.87. The Morgan fingerprint density at radius 1 is 0.288 bits per heavy atom. The SMILES string of the molecule is c1ccc(-c2c3ccccc3c(-c3ccc4sc5cc(-c6c7ccccc7c(-c7ccco7)c7ccccc67)ccc5c4c3)c3ccccc23)cc1. The second-order valence-electron chi connectivity index (χ2n) is 13.5. The second kappa shape index (κ2) is 11.5. The van der Waals surface area contributed by atoms with Gasteiger partial charge in [-0.15, -0.1) is 11.3 Å². The Morgan fingerprint density at radius 3 is 1.27 bits per heavy atom. The summed E-state index contributed by atoms with van der Waals surface area (Å²) in [7, 11) is 0. The molecule has 52 heavy (non-hydrogen) atoms. The minimum Gasteiger partial charge on any atom is -0.464 e. The summed E-state index contributed by atoms with van der Waals surface area (Å²) in [6, 6.07) is 64.3. The van der Waals surface area contributed by atoms with E-state index < -0.39 is 0 Å². The number of furan rings is 1. The molecule has 0 aliphatic carbocycles. The Hall–Kier alpha value is -6.48. The summed E-state index contributed by atoms with van der Waals surface area (Å²) in [5.41, 5.74) is 8.71. The fourth-order valence-corrected chi connectivity index (χ4v) is 9.69. The van der Waals surface area contributed by atoms with Gasteiger partial charge in [0.15, 0.2) is 0 Å². The third-order valence-corrected chi connectivity index (χ3v) is 11.9. The Bertz CT molecular complexity index is 3050. The average molecular weight is 679 g/mol. The molecule has 242 valence electrons. The van der Waals surface area contributed by atoms with Crippen LogP contribution in [0.3, 0.4) is 0 Å². The number of rotatable bonds is 4. The standard InChI is InChI=1S/C50H30OS/c1-2-13-31(14-3-1)47-35-15-4-6-17-37(35)48(38-18-7-5-16-36(38)47)32-25-27-45-43(29-32)34-26-24-33(30-46(34)52-45)49-39-19-8-10-21-41(39)50(44-23-12-28-51-44)42-22-11-9-20-40(42)49/h1-30H. The normalized spacial score (nSPS) is 11.8. The van der Waals surface area contributed by atoms with Crippen LogP contribution in [0.25, 0.3) is 108 Å². The summed E-state index contributed by atoms with van der Waals surface area (Å²) in [5, 5.41) is 12.6. The minimum absolute atomic E-state index is 0.893. The molecule has 0 N–H and O–H groups in total. The van der Waals surface area contributed by atoms with Crippen LogP contribution in [0.15, 0.2) is 187 Å². The first-order valence-electron chi connectivity index (χ1n) is 17.7. The van der Waals surface area contributed by atoms with Gasteiger partial charge in [-0.2, -0.15) is 0 Å². The van der Waals surface area contributed by atoms with Crippen molar-refractivity contribution >= 4 is 74.6 Å². The highest BCUT2D eigenvalue weighted by atomic mass is 32.1. The monoisotopic (exact) mass is 678 g/mol. The predicted octanol–water partition coefficient (Wildman–Crippen LogP) is 14.9. The number of benzene rings is 9. The maximum atomic E-state index is 5.99. The van der Waals surface area contributed by atoms with Crippen molar-refractivity contribution in [3.63, 3.8) is 0 Å². The lowest BCUT2D eigenvalue weighted by molar-refractivity contribution is 0.583. The molecule has 11 rings (SSSR count). The zero-order valence-corrected chi connectivity index (χ0v) is 29.0. The van der Waals surface area contributed by atoms with Crippen molar-refractivity contribution in [3.05, 3.63) is 182 Å². The minimum atomic E-state index is 0.893. The van der Waals surface area contributed by atoms with E-state index in [1.54, 1.807) is 6.26 Å². The van der Waals surface area contributed by atoms with Gasteiger partial charge in [0.05, 0.1) is 6.26 Å². The van der Waals surface area contributed by atoms with Crippen LogP contribution < -0.4 is 0 Å². The number of hydrogen-bond acceptors (Lipinski definition) is 2. The van der Waals surface area contributed by atoms with Gasteiger partial charge < -0.3 is 4.42 Å². The van der Waals surface area contributed by atoms with Gasteiger partial charge in [-0.05, 0) is 107 Å². The second-order valence-corrected chi connectivity index (χ2v) is 14.6. The van der Waals surface area contributed by atoms with Crippen LogP contribution in [-0.4, -0.2) is 0 Å². The molecule has 0 fully saturated rings. The van der Waals surface area contributed by atoms with Crippen molar-refractivity contribution in [3.8, 4) is 44.7 Å². The van der Waals surface area contributed by atoms with E-state index in [9.17, 15) is 0 Å². The van der Waals surface area contributed by atoms with Gasteiger partial charge in [0.2, 0.25) is 0 Å². The van der Waals surface area contributed by atoms with Crippen LogP contribution in [0.5, 0.6) is 0 Å². The fraction of sp³-hybridized carbons (Fsp3) is 0. The maximum absolute atomic E-state index is 5.99. The first kappa shape index (κ1) is 29.3. The molecule has 0 unspecified atom stereocenters. The van der Waals surface area contributed by atoms with E-state index in [0.717, 1.165) is 11.3 Å². The smallest absolute Gasteiger partial charge is 0.135 e. The van der Waals surface area contributed by atoms with Gasteiger partial charge in [-0.1, -0.05) is 146 Å². The molecule has 1 nitrogen and oxygen atoms in total. The van der Waals surface area contributed by atoms with Gasteiger partial charge in [-0.3, -0.25) is 0 Å². The third-order valence-electron chi connectivity index (χ3n) is 10.7. The zero-order valence-electron chi connectivity index (χ0n) is 28.1. The van der Waals surface area contributed by atoms with Crippen LogP contribution in [0.2, 0.25) is 0 Å². The molecule has 0 atom stereocenters. The molecular weight excluding hydrogens is 649 g/mol. The van der Waals surface area contributed by atoms with Crippen LogP contribution >= 0.6 is 11.3 Å². The molecule has 0 aliphatic heterocycles. The highest BCUT2D eigenvalue weighted by Gasteiger charge is 2.20. The van der Waals surface area contributed by atoms with E-state index in [4.69, 9.17) is 4.42 Å². The zero-order chi connectivity index (χ0) is 34.2. The van der Waals surface area contributed by atoms with Gasteiger partial charge in [0.25, 0.3) is 0 Å². The van der Waals surface area contributed by atoms with E-state index in [2.05, 4.69) is 170 Å². The van der Waals surface area contributed by atoms with Crippen LogP contribution in [0.4, 0.5) is 0 Å². The van der Waals surface area contributed by atoms with E-state index in [0.29, 0.717) is 0 Å². The molecule has 2 aromatic heterocycles. The number of thiophene rings is 1. The molecule has 11 aromatic rings. The van der Waals surface area contributed by atoms with Crippen LogP contribution in [0.1, 0.15) is 0 Å². The van der Waals surface area contributed by atoms with Crippen molar-refractivity contribution in [1.82, 2.24) is 0 Å². The molecule has 0 amide bonds. The summed E-state index contributed by atoms with van der Waals surface area (Å²) < 4.78 is 8.58. The van der Waals surface area contributed by atoms with Crippen molar-refractivity contribution in [2.75, 3.05) is 0 Å². The number of fused-ring (bicyclic) bond motifs is 7. The molecule has 0 aliphatic rings. The molecule has 0 saturated heterocycles. The molecule has 2 heteroatoms. The van der Waals surface area contributed by atoms with Crippen molar-refractivity contribution in [2.24, 2.45) is 0 Å². The van der Waals surface area contributed by atoms with Gasteiger partial charge in [-0.25, -0.2) is 0 Å². The van der Waals surface area contributed by atoms with E-state index >= 15 is 0 Å². The molecule has 0 radical (unpaired) electrons. The van der Waals surface area contributed by atoms with E-state index in [-0.39, 0.29) is 0 Å². The Morgan fingerprint density at radius 2 is 0.750 bits per heavy atom.